The van der Waals surface area contributed by atoms with Crippen molar-refractivity contribution in [1.82, 2.24) is 4.31 Å². The normalized spacial score (nSPS) is 18.0. The molecule has 1 atom stereocenters. The van der Waals surface area contributed by atoms with Crippen LogP contribution in [0.4, 0.5) is 5.69 Å². The lowest BCUT2D eigenvalue weighted by Gasteiger charge is -2.31. The molecule has 0 bridgehead atoms. The number of hydrogen-bond acceptors (Lipinski definition) is 3. The van der Waals surface area contributed by atoms with E-state index in [4.69, 9.17) is 11.6 Å². The lowest BCUT2D eigenvalue weighted by atomic mass is 9.98. The van der Waals surface area contributed by atoms with Crippen LogP contribution in [0.3, 0.4) is 0 Å². The molecule has 1 aliphatic heterocycles. The van der Waals surface area contributed by atoms with Gasteiger partial charge in [-0.1, -0.05) is 41.9 Å². The van der Waals surface area contributed by atoms with Gasteiger partial charge >= 0.3 is 0 Å². The number of rotatable bonds is 5. The number of benzene rings is 2. The van der Waals surface area contributed by atoms with E-state index in [1.54, 1.807) is 24.3 Å². The third-order valence-electron chi connectivity index (χ3n) is 5.14. The molecular weight excluding hydrogens is 396 g/mol. The molecule has 7 heteroatoms. The van der Waals surface area contributed by atoms with Gasteiger partial charge in [0.1, 0.15) is 0 Å². The number of nitrogens with one attached hydrogen (secondary N) is 1. The molecule has 0 aromatic heterocycles. The molecule has 2 aromatic rings. The van der Waals surface area contributed by atoms with Crippen molar-refractivity contribution in [3.63, 3.8) is 0 Å². The zero-order chi connectivity index (χ0) is 20.3. The van der Waals surface area contributed by atoms with Gasteiger partial charge in [0.05, 0.1) is 11.7 Å². The summed E-state index contributed by atoms with van der Waals surface area (Å²) in [6.45, 7) is 4.56. The van der Waals surface area contributed by atoms with Gasteiger partial charge in [0.15, 0.2) is 0 Å². The molecule has 3 rings (SSSR count). The van der Waals surface area contributed by atoms with E-state index >= 15 is 0 Å². The number of aryl methyl sites for hydroxylation is 2. The summed E-state index contributed by atoms with van der Waals surface area (Å²) in [5.41, 5.74) is 3.49. The van der Waals surface area contributed by atoms with E-state index in [2.05, 4.69) is 5.32 Å². The quantitative estimate of drug-likeness (QED) is 0.790. The molecule has 1 fully saturated rings. The highest BCUT2D eigenvalue weighted by molar-refractivity contribution is 7.88. The van der Waals surface area contributed by atoms with Gasteiger partial charge in [-0.2, -0.15) is 0 Å². The molecule has 150 valence electrons. The molecule has 0 saturated carbocycles. The van der Waals surface area contributed by atoms with Crippen LogP contribution in [0.5, 0.6) is 0 Å². The van der Waals surface area contributed by atoms with Crippen molar-refractivity contribution in [2.24, 2.45) is 5.92 Å². The zero-order valence-corrected chi connectivity index (χ0v) is 17.7. The number of carbonyl (C=O) groups is 1. The molecule has 2 aromatic carbocycles. The van der Waals surface area contributed by atoms with Crippen molar-refractivity contribution in [1.29, 1.82) is 0 Å². The van der Waals surface area contributed by atoms with Gasteiger partial charge in [0.25, 0.3) is 0 Å². The Labute approximate surface area is 171 Å². The number of amides is 1. The van der Waals surface area contributed by atoms with E-state index in [0.717, 1.165) is 16.8 Å². The van der Waals surface area contributed by atoms with Gasteiger partial charge in [-0.05, 0) is 55.5 Å². The average molecular weight is 421 g/mol. The van der Waals surface area contributed by atoms with Crippen molar-refractivity contribution in [3.05, 3.63) is 64.2 Å². The van der Waals surface area contributed by atoms with E-state index in [1.165, 1.54) is 4.31 Å². The third kappa shape index (κ3) is 4.93. The van der Waals surface area contributed by atoms with Crippen LogP contribution in [0.15, 0.2) is 42.5 Å². The minimum atomic E-state index is -3.49. The number of carbonyl (C=O) groups excluding carboxylic acids is 1. The summed E-state index contributed by atoms with van der Waals surface area (Å²) in [6, 6.07) is 12.7. The largest absolute Gasteiger partial charge is 0.325 e. The molecule has 0 radical (unpaired) electrons. The van der Waals surface area contributed by atoms with Crippen LogP contribution in [0.1, 0.15) is 29.5 Å². The number of halogens is 1. The summed E-state index contributed by atoms with van der Waals surface area (Å²) < 4.78 is 27.1. The van der Waals surface area contributed by atoms with Crippen molar-refractivity contribution in [3.8, 4) is 0 Å². The number of nitrogens with zero attached hydrogens (tertiary/aromatic N) is 1. The maximum atomic E-state index is 12.8. The summed E-state index contributed by atoms with van der Waals surface area (Å²) >= 11 is 5.87. The topological polar surface area (TPSA) is 66.5 Å². The van der Waals surface area contributed by atoms with Crippen LogP contribution in [-0.2, 0) is 20.6 Å². The summed E-state index contributed by atoms with van der Waals surface area (Å²) in [6.07, 6.45) is 1.36. The van der Waals surface area contributed by atoms with Gasteiger partial charge in [0.2, 0.25) is 15.9 Å². The Morgan fingerprint density at radius 3 is 2.43 bits per heavy atom. The predicted octanol–water partition coefficient (Wildman–Crippen LogP) is 4.14. The maximum absolute atomic E-state index is 12.8. The lowest BCUT2D eigenvalue weighted by molar-refractivity contribution is -0.120. The Hall–Kier alpha value is -1.89. The second-order valence-corrected chi connectivity index (χ2v) is 9.74. The molecule has 1 saturated heterocycles. The van der Waals surface area contributed by atoms with Crippen LogP contribution in [-0.4, -0.2) is 31.7 Å². The van der Waals surface area contributed by atoms with Crippen LogP contribution < -0.4 is 5.32 Å². The predicted molar refractivity (Wildman–Crippen MR) is 113 cm³/mol. The number of piperidine rings is 1. The van der Waals surface area contributed by atoms with E-state index < -0.39 is 10.0 Å². The Balaban J connectivity index is 1.69. The molecule has 1 amide bonds. The van der Waals surface area contributed by atoms with Gasteiger partial charge in [0, 0.05) is 23.8 Å². The Morgan fingerprint density at radius 2 is 1.79 bits per heavy atom. The molecule has 0 aliphatic carbocycles. The highest BCUT2D eigenvalue weighted by atomic mass is 35.5. The van der Waals surface area contributed by atoms with Crippen LogP contribution >= 0.6 is 11.6 Å². The SMILES string of the molecule is Cc1cccc(C)c1NC(=O)[C@@H]1CCCN(S(=O)(=O)Cc2ccc(Cl)cc2)C1. The third-order valence-corrected chi connectivity index (χ3v) is 7.21. The van der Waals surface area contributed by atoms with Gasteiger partial charge in [-0.3, -0.25) is 4.79 Å². The minimum absolute atomic E-state index is 0.0879. The molecule has 1 N–H and O–H groups in total. The Morgan fingerprint density at radius 1 is 1.14 bits per heavy atom. The maximum Gasteiger partial charge on any atom is 0.228 e. The van der Waals surface area contributed by atoms with Crippen molar-refractivity contribution < 1.29 is 13.2 Å². The lowest BCUT2D eigenvalue weighted by Crippen LogP contribution is -2.44. The number of para-hydroxylation sites is 1. The number of sulfonamides is 1. The van der Waals surface area contributed by atoms with E-state index in [0.29, 0.717) is 30.0 Å². The first-order chi connectivity index (χ1) is 13.3. The second-order valence-electron chi connectivity index (χ2n) is 7.34. The summed E-state index contributed by atoms with van der Waals surface area (Å²) in [5.74, 6) is -0.563. The Kier molecular flexibility index (Phi) is 6.43. The monoisotopic (exact) mass is 420 g/mol. The average Bonchev–Trinajstić information content (AvgIpc) is 2.66. The van der Waals surface area contributed by atoms with Crippen LogP contribution in [0.25, 0.3) is 0 Å². The van der Waals surface area contributed by atoms with Crippen molar-refractivity contribution in [2.45, 2.75) is 32.4 Å². The molecule has 1 aliphatic rings. The van der Waals surface area contributed by atoms with Crippen LogP contribution in [0.2, 0.25) is 5.02 Å². The van der Waals surface area contributed by atoms with Gasteiger partial charge in [-0.25, -0.2) is 12.7 Å². The van der Waals surface area contributed by atoms with E-state index in [-0.39, 0.29) is 24.1 Å². The first-order valence-corrected chi connectivity index (χ1v) is 11.3. The number of anilines is 1. The fraction of sp³-hybridized carbons (Fsp3) is 0.381. The number of hydrogen-bond donors (Lipinski definition) is 1. The first-order valence-electron chi connectivity index (χ1n) is 9.35. The molecule has 28 heavy (non-hydrogen) atoms. The zero-order valence-electron chi connectivity index (χ0n) is 16.1. The highest BCUT2D eigenvalue weighted by Crippen LogP contribution is 2.25. The summed E-state index contributed by atoms with van der Waals surface area (Å²) in [5, 5.41) is 3.57. The summed E-state index contributed by atoms with van der Waals surface area (Å²) in [4.78, 5) is 12.8. The standard InChI is InChI=1S/C21H25ClN2O3S/c1-15-5-3-6-16(2)20(15)23-21(25)18-7-4-12-24(13-18)28(26,27)14-17-8-10-19(22)11-9-17/h3,5-6,8-11,18H,4,7,12-14H2,1-2H3,(H,23,25)/t18-/m1/s1. The fourth-order valence-corrected chi connectivity index (χ4v) is 5.27. The van der Waals surface area contributed by atoms with Gasteiger partial charge in [-0.15, -0.1) is 0 Å². The molecule has 1 heterocycles. The van der Waals surface area contributed by atoms with Crippen molar-refractivity contribution in [2.75, 3.05) is 18.4 Å². The second kappa shape index (κ2) is 8.64. The first kappa shape index (κ1) is 20.8. The Bertz CT molecular complexity index is 938. The van der Waals surface area contributed by atoms with E-state index in [1.807, 2.05) is 32.0 Å². The minimum Gasteiger partial charge on any atom is -0.325 e. The molecular formula is C21H25ClN2O3S. The van der Waals surface area contributed by atoms with Gasteiger partial charge < -0.3 is 5.32 Å². The smallest absolute Gasteiger partial charge is 0.228 e. The fourth-order valence-electron chi connectivity index (χ4n) is 3.53. The molecule has 5 nitrogen and oxygen atoms in total. The highest BCUT2D eigenvalue weighted by Gasteiger charge is 2.32. The van der Waals surface area contributed by atoms with E-state index in [9.17, 15) is 13.2 Å². The van der Waals surface area contributed by atoms with Crippen molar-refractivity contribution >= 4 is 33.2 Å². The molecule has 0 unspecified atom stereocenters. The van der Waals surface area contributed by atoms with Crippen LogP contribution in [0, 0.1) is 19.8 Å². The summed E-state index contributed by atoms with van der Waals surface area (Å²) in [7, 11) is -3.49. The molecule has 0 spiro atoms.